The molecule has 18 heavy (non-hydrogen) atoms. The maximum Gasteiger partial charge on any atom is 0.146 e. The number of aryl methyl sites for hydroxylation is 1. The molecule has 0 aliphatic carbocycles. The smallest absolute Gasteiger partial charge is 0.146 e. The van der Waals surface area contributed by atoms with Crippen molar-refractivity contribution >= 4 is 11.6 Å². The summed E-state index contributed by atoms with van der Waals surface area (Å²) in [6, 6.07) is 14.9. The first-order chi connectivity index (χ1) is 8.72. The van der Waals surface area contributed by atoms with Crippen LogP contribution >= 0.6 is 11.6 Å². The summed E-state index contributed by atoms with van der Waals surface area (Å²) in [6.07, 6.45) is 0.957. The van der Waals surface area contributed by atoms with Crippen molar-refractivity contribution in [1.82, 2.24) is 0 Å². The minimum absolute atomic E-state index is 0.441. The second-order valence-electron chi connectivity index (χ2n) is 3.86. The minimum atomic E-state index is 0.441. The third kappa shape index (κ3) is 2.82. The molecule has 0 radical (unpaired) electrons. The fraction of sp³-hybridized carbons (Fsp3) is 0.133. The molecule has 2 aromatic carbocycles. The molecule has 0 bridgehead atoms. The van der Waals surface area contributed by atoms with Gasteiger partial charge in [-0.05, 0) is 42.3 Å². The van der Waals surface area contributed by atoms with Gasteiger partial charge in [-0.15, -0.1) is 0 Å². The Morgan fingerprint density at radius 2 is 2.06 bits per heavy atom. The van der Waals surface area contributed by atoms with Crippen LogP contribution in [-0.2, 0) is 6.42 Å². The first kappa shape index (κ1) is 12.5. The fourth-order valence-electron chi connectivity index (χ4n) is 1.61. The van der Waals surface area contributed by atoms with Crippen molar-refractivity contribution in [3.05, 3.63) is 58.6 Å². The van der Waals surface area contributed by atoms with E-state index in [0.29, 0.717) is 16.3 Å². The lowest BCUT2D eigenvalue weighted by Gasteiger charge is -2.08. The second-order valence-corrected chi connectivity index (χ2v) is 4.27. The lowest BCUT2D eigenvalue weighted by molar-refractivity contribution is 0.482. The summed E-state index contributed by atoms with van der Waals surface area (Å²) >= 11 is 6.06. The van der Waals surface area contributed by atoms with Gasteiger partial charge in [0, 0.05) is 0 Å². The number of benzene rings is 2. The van der Waals surface area contributed by atoms with Crippen molar-refractivity contribution in [3.63, 3.8) is 0 Å². The molecule has 0 N–H and O–H groups in total. The molecule has 0 heterocycles. The van der Waals surface area contributed by atoms with Crippen LogP contribution in [0, 0.1) is 11.3 Å². The average Bonchev–Trinajstić information content (AvgIpc) is 2.41. The molecule has 0 spiro atoms. The van der Waals surface area contributed by atoms with Crippen LogP contribution in [0.2, 0.25) is 5.02 Å². The van der Waals surface area contributed by atoms with Gasteiger partial charge in [0.25, 0.3) is 0 Å². The third-order valence-corrected chi connectivity index (χ3v) is 2.89. The van der Waals surface area contributed by atoms with Crippen LogP contribution in [0.5, 0.6) is 11.5 Å². The van der Waals surface area contributed by atoms with E-state index in [-0.39, 0.29) is 0 Å². The average molecular weight is 258 g/mol. The van der Waals surface area contributed by atoms with Gasteiger partial charge < -0.3 is 4.74 Å². The van der Waals surface area contributed by atoms with E-state index in [1.165, 1.54) is 5.56 Å². The first-order valence-electron chi connectivity index (χ1n) is 5.69. The number of nitrogens with zero attached hydrogens (tertiary/aromatic N) is 1. The van der Waals surface area contributed by atoms with Gasteiger partial charge >= 0.3 is 0 Å². The van der Waals surface area contributed by atoms with E-state index in [1.807, 2.05) is 30.3 Å². The number of rotatable bonds is 3. The van der Waals surface area contributed by atoms with Gasteiger partial charge in [-0.25, -0.2) is 0 Å². The van der Waals surface area contributed by atoms with E-state index in [0.717, 1.165) is 12.2 Å². The monoisotopic (exact) mass is 257 g/mol. The topological polar surface area (TPSA) is 33.0 Å². The normalized spacial score (nSPS) is 9.83. The summed E-state index contributed by atoms with van der Waals surface area (Å²) in [5, 5.41) is 9.20. The van der Waals surface area contributed by atoms with Gasteiger partial charge in [0.2, 0.25) is 0 Å². The molecule has 2 aromatic rings. The molecule has 3 heteroatoms. The van der Waals surface area contributed by atoms with Gasteiger partial charge in [0.05, 0.1) is 16.7 Å². The highest BCUT2D eigenvalue weighted by atomic mass is 35.5. The van der Waals surface area contributed by atoms with Gasteiger partial charge in [-0.3, -0.25) is 0 Å². The summed E-state index contributed by atoms with van der Waals surface area (Å²) in [7, 11) is 0. The number of hydrogen-bond donors (Lipinski definition) is 0. The van der Waals surface area contributed by atoms with Crippen LogP contribution in [0.4, 0.5) is 0 Å². The lowest BCUT2D eigenvalue weighted by Crippen LogP contribution is -1.88. The maximum absolute atomic E-state index is 8.76. The molecule has 0 saturated carbocycles. The van der Waals surface area contributed by atoms with E-state index in [1.54, 1.807) is 18.2 Å². The number of hydrogen-bond acceptors (Lipinski definition) is 2. The van der Waals surface area contributed by atoms with Crippen molar-refractivity contribution in [2.75, 3.05) is 0 Å². The zero-order chi connectivity index (χ0) is 13.0. The van der Waals surface area contributed by atoms with E-state index < -0.39 is 0 Å². The van der Waals surface area contributed by atoms with Crippen molar-refractivity contribution in [2.45, 2.75) is 13.3 Å². The van der Waals surface area contributed by atoms with Gasteiger partial charge in [-0.1, -0.05) is 30.7 Å². The Hall–Kier alpha value is -1.98. The van der Waals surface area contributed by atoms with Crippen LogP contribution in [0.1, 0.15) is 18.1 Å². The largest absolute Gasteiger partial charge is 0.456 e. The zero-order valence-corrected chi connectivity index (χ0v) is 10.7. The zero-order valence-electron chi connectivity index (χ0n) is 9.98. The Labute approximate surface area is 111 Å². The molecule has 0 amide bonds. The van der Waals surface area contributed by atoms with Crippen molar-refractivity contribution < 1.29 is 4.74 Å². The van der Waals surface area contributed by atoms with Crippen molar-refractivity contribution in [3.8, 4) is 17.6 Å². The molecule has 0 saturated heterocycles. The SMILES string of the molecule is CCc1cccc(Oc2ccc(C#N)cc2Cl)c1. The standard InChI is InChI=1S/C15H12ClNO/c1-2-11-4-3-5-13(8-11)18-15-7-6-12(10-17)9-14(15)16/h3-9H,2H2,1H3. The van der Waals surface area contributed by atoms with E-state index >= 15 is 0 Å². The van der Waals surface area contributed by atoms with Crippen LogP contribution in [0.25, 0.3) is 0 Å². The van der Waals surface area contributed by atoms with Crippen molar-refractivity contribution in [2.24, 2.45) is 0 Å². The molecule has 0 atom stereocenters. The minimum Gasteiger partial charge on any atom is -0.456 e. The molecule has 2 nitrogen and oxygen atoms in total. The quantitative estimate of drug-likeness (QED) is 0.807. The summed E-state index contributed by atoms with van der Waals surface area (Å²) in [6.45, 7) is 2.09. The summed E-state index contributed by atoms with van der Waals surface area (Å²) in [4.78, 5) is 0. The lowest BCUT2D eigenvalue weighted by atomic mass is 10.2. The Morgan fingerprint density at radius 3 is 2.72 bits per heavy atom. The molecule has 0 unspecified atom stereocenters. The Morgan fingerprint density at radius 1 is 1.22 bits per heavy atom. The predicted octanol–water partition coefficient (Wildman–Crippen LogP) is 4.57. The number of nitriles is 1. The second kappa shape index (κ2) is 5.57. The predicted molar refractivity (Wildman–Crippen MR) is 72.1 cm³/mol. The van der Waals surface area contributed by atoms with E-state index in [2.05, 4.69) is 6.92 Å². The highest BCUT2D eigenvalue weighted by Gasteiger charge is 2.04. The van der Waals surface area contributed by atoms with Gasteiger partial charge in [0.15, 0.2) is 0 Å². The van der Waals surface area contributed by atoms with Crippen LogP contribution in [0.15, 0.2) is 42.5 Å². The Bertz CT molecular complexity index is 602. The molecular formula is C15H12ClNO. The maximum atomic E-state index is 8.76. The molecule has 0 aliphatic heterocycles. The molecule has 90 valence electrons. The molecule has 0 aromatic heterocycles. The van der Waals surface area contributed by atoms with Crippen LogP contribution in [-0.4, -0.2) is 0 Å². The Balaban J connectivity index is 2.26. The highest BCUT2D eigenvalue weighted by Crippen LogP contribution is 2.30. The van der Waals surface area contributed by atoms with Gasteiger partial charge in [0.1, 0.15) is 11.5 Å². The summed E-state index contributed by atoms with van der Waals surface area (Å²) < 4.78 is 5.71. The summed E-state index contributed by atoms with van der Waals surface area (Å²) in [5.41, 5.74) is 1.73. The highest BCUT2D eigenvalue weighted by molar-refractivity contribution is 6.32. The fourth-order valence-corrected chi connectivity index (χ4v) is 1.83. The number of halogens is 1. The van der Waals surface area contributed by atoms with Crippen LogP contribution in [0.3, 0.4) is 0 Å². The van der Waals surface area contributed by atoms with Gasteiger partial charge in [-0.2, -0.15) is 5.26 Å². The first-order valence-corrected chi connectivity index (χ1v) is 6.07. The summed E-state index contributed by atoms with van der Waals surface area (Å²) in [5.74, 6) is 1.31. The third-order valence-electron chi connectivity index (χ3n) is 2.60. The Kier molecular flexibility index (Phi) is 3.86. The van der Waals surface area contributed by atoms with E-state index in [4.69, 9.17) is 21.6 Å². The number of ether oxygens (including phenoxy) is 1. The molecule has 0 aliphatic rings. The van der Waals surface area contributed by atoms with E-state index in [9.17, 15) is 0 Å². The van der Waals surface area contributed by atoms with Crippen LogP contribution < -0.4 is 4.74 Å². The molecule has 2 rings (SSSR count). The molecule has 0 fully saturated rings. The molecular weight excluding hydrogens is 246 g/mol. The van der Waals surface area contributed by atoms with Crippen molar-refractivity contribution in [1.29, 1.82) is 5.26 Å².